The minimum Gasteiger partial charge on any atom is -0.497 e. The molecule has 1 aliphatic carbocycles. The van der Waals surface area contributed by atoms with Crippen LogP contribution in [-0.4, -0.2) is 32.7 Å². The molecule has 1 heterocycles. The molecule has 0 aromatic heterocycles. The van der Waals surface area contributed by atoms with Gasteiger partial charge in [0.25, 0.3) is 0 Å². The van der Waals surface area contributed by atoms with E-state index in [1.165, 1.54) is 5.69 Å². The van der Waals surface area contributed by atoms with Crippen molar-refractivity contribution in [3.63, 3.8) is 0 Å². The summed E-state index contributed by atoms with van der Waals surface area (Å²) in [5, 5.41) is 3.16. The van der Waals surface area contributed by atoms with E-state index in [1.54, 1.807) is 7.11 Å². The lowest BCUT2D eigenvalue weighted by molar-refractivity contribution is -0.125. The zero-order chi connectivity index (χ0) is 16.1. The Kier molecular flexibility index (Phi) is 5.21. The molecule has 2 atom stereocenters. The number of hydrogen-bond acceptors (Lipinski definition) is 3. The van der Waals surface area contributed by atoms with Crippen molar-refractivity contribution in [2.45, 2.75) is 25.7 Å². The van der Waals surface area contributed by atoms with Gasteiger partial charge in [-0.05, 0) is 43.7 Å². The molecule has 1 aromatic rings. The van der Waals surface area contributed by atoms with Crippen LogP contribution in [0.15, 0.2) is 36.4 Å². The molecule has 23 heavy (non-hydrogen) atoms. The number of anilines is 1. The van der Waals surface area contributed by atoms with E-state index < -0.39 is 0 Å². The number of nitrogens with zero attached hydrogens (tertiary/aromatic N) is 1. The molecular formula is C19H26N2O2. The molecule has 1 amide bonds. The number of rotatable bonds is 5. The lowest BCUT2D eigenvalue weighted by atomic mass is 9.93. The van der Waals surface area contributed by atoms with E-state index in [4.69, 9.17) is 4.74 Å². The predicted molar refractivity (Wildman–Crippen MR) is 92.8 cm³/mol. The standard InChI is InChI=1S/C19H26N2O2/c1-23-18-9-5-8-17(12-18)21-11-10-15(14-21)13-20-19(22)16-6-3-2-4-7-16/h2-3,5,8-9,12,15-16H,4,6-7,10-11,13-14H2,1H3,(H,20,22)/t15-,16-/m1/s1. The van der Waals surface area contributed by atoms with Gasteiger partial charge in [0.2, 0.25) is 5.91 Å². The summed E-state index contributed by atoms with van der Waals surface area (Å²) in [6.07, 6.45) is 8.35. The van der Waals surface area contributed by atoms with Crippen molar-refractivity contribution >= 4 is 11.6 Å². The lowest BCUT2D eigenvalue weighted by Crippen LogP contribution is -2.35. The quantitative estimate of drug-likeness (QED) is 0.850. The third kappa shape index (κ3) is 4.06. The molecule has 1 N–H and O–H groups in total. The molecule has 2 aliphatic rings. The fourth-order valence-corrected chi connectivity index (χ4v) is 3.46. The Morgan fingerprint density at radius 1 is 1.35 bits per heavy atom. The maximum Gasteiger partial charge on any atom is 0.223 e. The van der Waals surface area contributed by atoms with Gasteiger partial charge in [-0.3, -0.25) is 4.79 Å². The highest BCUT2D eigenvalue weighted by atomic mass is 16.5. The van der Waals surface area contributed by atoms with Crippen molar-refractivity contribution in [1.29, 1.82) is 0 Å². The van der Waals surface area contributed by atoms with Gasteiger partial charge in [-0.2, -0.15) is 0 Å². The van der Waals surface area contributed by atoms with Crippen LogP contribution in [0.3, 0.4) is 0 Å². The fraction of sp³-hybridized carbons (Fsp3) is 0.526. The first-order valence-electron chi connectivity index (χ1n) is 8.58. The molecule has 0 unspecified atom stereocenters. The minimum absolute atomic E-state index is 0.177. The normalized spacial score (nSPS) is 23.8. The summed E-state index contributed by atoms with van der Waals surface area (Å²) in [4.78, 5) is 14.6. The van der Waals surface area contributed by atoms with Gasteiger partial charge < -0.3 is 15.0 Å². The third-order valence-corrected chi connectivity index (χ3v) is 4.91. The average Bonchev–Trinajstić information content (AvgIpc) is 3.09. The van der Waals surface area contributed by atoms with Crippen LogP contribution in [0.25, 0.3) is 0 Å². The average molecular weight is 314 g/mol. The van der Waals surface area contributed by atoms with Gasteiger partial charge in [0.05, 0.1) is 7.11 Å². The summed E-state index contributed by atoms with van der Waals surface area (Å²) < 4.78 is 5.30. The molecule has 4 heteroatoms. The van der Waals surface area contributed by atoms with Crippen LogP contribution in [-0.2, 0) is 4.79 Å². The maximum absolute atomic E-state index is 12.2. The van der Waals surface area contributed by atoms with Crippen molar-refractivity contribution in [1.82, 2.24) is 5.32 Å². The Morgan fingerprint density at radius 3 is 3.04 bits per heavy atom. The van der Waals surface area contributed by atoms with Crippen LogP contribution in [0.5, 0.6) is 5.75 Å². The topological polar surface area (TPSA) is 41.6 Å². The van der Waals surface area contributed by atoms with Gasteiger partial charge in [0, 0.05) is 37.3 Å². The molecule has 4 nitrogen and oxygen atoms in total. The van der Waals surface area contributed by atoms with Crippen LogP contribution < -0.4 is 15.0 Å². The second-order valence-electron chi connectivity index (χ2n) is 6.53. The monoisotopic (exact) mass is 314 g/mol. The van der Waals surface area contributed by atoms with Crippen molar-refractivity contribution in [2.24, 2.45) is 11.8 Å². The van der Waals surface area contributed by atoms with E-state index >= 15 is 0 Å². The van der Waals surface area contributed by atoms with E-state index in [0.29, 0.717) is 5.92 Å². The Morgan fingerprint density at radius 2 is 2.26 bits per heavy atom. The van der Waals surface area contributed by atoms with Gasteiger partial charge in [0.15, 0.2) is 0 Å². The predicted octanol–water partition coefficient (Wildman–Crippen LogP) is 2.99. The molecule has 1 saturated heterocycles. The Balaban J connectivity index is 1.48. The summed E-state index contributed by atoms with van der Waals surface area (Å²) in [7, 11) is 1.70. The van der Waals surface area contributed by atoms with Crippen molar-refractivity contribution in [3.8, 4) is 5.75 Å². The van der Waals surface area contributed by atoms with Crippen LogP contribution in [0, 0.1) is 11.8 Å². The largest absolute Gasteiger partial charge is 0.497 e. The zero-order valence-corrected chi connectivity index (χ0v) is 13.8. The fourth-order valence-electron chi connectivity index (χ4n) is 3.46. The molecular weight excluding hydrogens is 288 g/mol. The number of ether oxygens (including phenoxy) is 1. The Labute approximate surface area is 138 Å². The number of nitrogens with one attached hydrogen (secondary N) is 1. The summed E-state index contributed by atoms with van der Waals surface area (Å²) in [5.41, 5.74) is 1.20. The van der Waals surface area contributed by atoms with E-state index in [0.717, 1.165) is 51.1 Å². The first kappa shape index (κ1) is 15.9. The highest BCUT2D eigenvalue weighted by molar-refractivity contribution is 5.79. The summed E-state index contributed by atoms with van der Waals surface area (Å²) >= 11 is 0. The highest BCUT2D eigenvalue weighted by Crippen LogP contribution is 2.26. The summed E-state index contributed by atoms with van der Waals surface area (Å²) in [5.74, 6) is 1.83. The molecule has 3 rings (SSSR count). The van der Waals surface area contributed by atoms with Crippen LogP contribution in [0.2, 0.25) is 0 Å². The van der Waals surface area contributed by atoms with Crippen molar-refractivity contribution in [2.75, 3.05) is 31.6 Å². The van der Waals surface area contributed by atoms with E-state index in [9.17, 15) is 4.79 Å². The number of carbonyl (C=O) groups is 1. The van der Waals surface area contributed by atoms with Crippen LogP contribution in [0.1, 0.15) is 25.7 Å². The number of carbonyl (C=O) groups excluding carboxylic acids is 1. The summed E-state index contributed by atoms with van der Waals surface area (Å²) in [6.45, 7) is 2.83. The molecule has 0 bridgehead atoms. The third-order valence-electron chi connectivity index (χ3n) is 4.91. The SMILES string of the molecule is COc1cccc(N2CC[C@H](CNC(=O)[C@@H]3CC=CCC3)C2)c1. The number of methoxy groups -OCH3 is 1. The van der Waals surface area contributed by atoms with E-state index in [1.807, 2.05) is 12.1 Å². The molecule has 1 aromatic carbocycles. The lowest BCUT2D eigenvalue weighted by Gasteiger charge is -2.21. The number of allylic oxidation sites excluding steroid dienone is 2. The van der Waals surface area contributed by atoms with Crippen molar-refractivity contribution < 1.29 is 9.53 Å². The minimum atomic E-state index is 0.177. The number of benzene rings is 1. The second-order valence-corrected chi connectivity index (χ2v) is 6.53. The van der Waals surface area contributed by atoms with Gasteiger partial charge in [-0.15, -0.1) is 0 Å². The molecule has 1 aliphatic heterocycles. The zero-order valence-electron chi connectivity index (χ0n) is 13.8. The smallest absolute Gasteiger partial charge is 0.223 e. The number of amides is 1. The van der Waals surface area contributed by atoms with E-state index in [-0.39, 0.29) is 11.8 Å². The van der Waals surface area contributed by atoms with Crippen LogP contribution in [0.4, 0.5) is 5.69 Å². The van der Waals surface area contributed by atoms with Gasteiger partial charge in [-0.25, -0.2) is 0 Å². The number of hydrogen-bond donors (Lipinski definition) is 1. The van der Waals surface area contributed by atoms with E-state index in [2.05, 4.69) is 34.5 Å². The molecule has 0 spiro atoms. The van der Waals surface area contributed by atoms with Gasteiger partial charge >= 0.3 is 0 Å². The molecule has 1 fully saturated rings. The summed E-state index contributed by atoms with van der Waals surface area (Å²) in [6, 6.07) is 8.20. The van der Waals surface area contributed by atoms with Gasteiger partial charge in [0.1, 0.15) is 5.75 Å². The maximum atomic E-state index is 12.2. The molecule has 0 saturated carbocycles. The molecule has 0 radical (unpaired) electrons. The first-order chi connectivity index (χ1) is 11.3. The second kappa shape index (κ2) is 7.53. The molecule has 124 valence electrons. The van der Waals surface area contributed by atoms with Crippen molar-refractivity contribution in [3.05, 3.63) is 36.4 Å². The highest BCUT2D eigenvalue weighted by Gasteiger charge is 2.25. The Bertz CT molecular complexity index is 570. The van der Waals surface area contributed by atoms with Gasteiger partial charge in [-0.1, -0.05) is 18.2 Å². The first-order valence-corrected chi connectivity index (χ1v) is 8.58. The van der Waals surface area contributed by atoms with Crippen LogP contribution >= 0.6 is 0 Å². The Hall–Kier alpha value is -1.97.